The molecular weight excluding hydrogens is 238 g/mol. The topological polar surface area (TPSA) is 66.4 Å². The Morgan fingerprint density at radius 1 is 1.18 bits per heavy atom. The summed E-state index contributed by atoms with van der Waals surface area (Å²) < 4.78 is 0.00655. The molecule has 0 unspecified atom stereocenters. The Bertz CT molecular complexity index is 287. The van der Waals surface area contributed by atoms with Crippen LogP contribution in [0, 0.1) is 5.41 Å². The lowest BCUT2D eigenvalue weighted by Crippen LogP contribution is -2.38. The molecule has 0 aromatic rings. The average Bonchev–Trinajstić information content (AvgIpc) is 2.12. The van der Waals surface area contributed by atoms with Crippen LogP contribution in [-0.2, 0) is 9.59 Å². The predicted molar refractivity (Wildman–Crippen MR) is 71.3 cm³/mol. The summed E-state index contributed by atoms with van der Waals surface area (Å²) >= 11 is 1.69. The molecule has 0 aliphatic rings. The Kier molecular flexibility index (Phi) is 6.02. The third-order valence-electron chi connectivity index (χ3n) is 2.53. The van der Waals surface area contributed by atoms with Crippen molar-refractivity contribution in [2.75, 3.05) is 12.8 Å². The number of carboxylic acids is 1. The van der Waals surface area contributed by atoms with E-state index in [0.29, 0.717) is 6.54 Å². The van der Waals surface area contributed by atoms with Gasteiger partial charge < -0.3 is 10.4 Å². The van der Waals surface area contributed by atoms with E-state index in [1.165, 1.54) is 0 Å². The Labute approximate surface area is 108 Å². The lowest BCUT2D eigenvalue weighted by Gasteiger charge is -2.25. The van der Waals surface area contributed by atoms with Crippen molar-refractivity contribution in [2.45, 2.75) is 45.3 Å². The van der Waals surface area contributed by atoms with Gasteiger partial charge in [0.25, 0.3) is 0 Å². The fourth-order valence-corrected chi connectivity index (χ4v) is 1.57. The van der Waals surface area contributed by atoms with Gasteiger partial charge in [0.1, 0.15) is 0 Å². The monoisotopic (exact) mass is 261 g/mol. The number of nitrogens with one attached hydrogen (secondary N) is 1. The molecule has 5 heteroatoms. The number of rotatable bonds is 7. The Hall–Kier alpha value is -0.710. The van der Waals surface area contributed by atoms with Gasteiger partial charge in [-0.05, 0) is 25.5 Å². The minimum absolute atomic E-state index is 0.00629. The number of hydrogen-bond acceptors (Lipinski definition) is 3. The maximum absolute atomic E-state index is 11.7. The summed E-state index contributed by atoms with van der Waals surface area (Å²) in [5, 5.41) is 11.6. The van der Waals surface area contributed by atoms with Crippen LogP contribution in [-0.4, -0.2) is 34.5 Å². The van der Waals surface area contributed by atoms with Gasteiger partial charge in [0.05, 0.1) is 6.42 Å². The first kappa shape index (κ1) is 16.3. The number of hydrogen-bond donors (Lipinski definition) is 2. The van der Waals surface area contributed by atoms with E-state index >= 15 is 0 Å². The summed E-state index contributed by atoms with van der Waals surface area (Å²) in [4.78, 5) is 22.3. The fourth-order valence-electron chi connectivity index (χ4n) is 1.35. The standard InChI is InChI=1S/C12H23NO3S/c1-11(2,7-10(15)16)6-9(14)13-8-12(3,4)17-5/h6-8H2,1-5H3,(H,13,14)(H,15,16). The van der Waals surface area contributed by atoms with Gasteiger partial charge in [-0.3, -0.25) is 9.59 Å². The summed E-state index contributed by atoms with van der Waals surface area (Å²) in [5.41, 5.74) is -0.501. The van der Waals surface area contributed by atoms with Crippen molar-refractivity contribution in [3.8, 4) is 0 Å². The zero-order chi connectivity index (χ0) is 13.7. The molecule has 0 atom stereocenters. The van der Waals surface area contributed by atoms with Gasteiger partial charge in [0.15, 0.2) is 0 Å². The molecule has 17 heavy (non-hydrogen) atoms. The third kappa shape index (κ3) is 8.07. The number of amides is 1. The minimum atomic E-state index is -0.868. The van der Waals surface area contributed by atoms with E-state index in [-0.39, 0.29) is 23.5 Å². The smallest absolute Gasteiger partial charge is 0.303 e. The normalized spacial score (nSPS) is 12.3. The van der Waals surface area contributed by atoms with Gasteiger partial charge in [0, 0.05) is 17.7 Å². The molecule has 1 amide bonds. The van der Waals surface area contributed by atoms with Crippen LogP contribution >= 0.6 is 11.8 Å². The molecule has 0 bridgehead atoms. The molecule has 0 saturated heterocycles. The highest BCUT2D eigenvalue weighted by molar-refractivity contribution is 7.99. The molecule has 0 spiro atoms. The number of carbonyl (C=O) groups is 2. The van der Waals surface area contributed by atoms with Gasteiger partial charge in [0.2, 0.25) is 5.91 Å². The van der Waals surface area contributed by atoms with Crippen molar-refractivity contribution < 1.29 is 14.7 Å². The highest BCUT2D eigenvalue weighted by Gasteiger charge is 2.26. The number of carboxylic acid groups (broad SMARTS) is 1. The maximum atomic E-state index is 11.7. The molecule has 0 radical (unpaired) electrons. The third-order valence-corrected chi connectivity index (χ3v) is 3.78. The second-order valence-corrected chi connectivity index (χ2v) is 7.17. The maximum Gasteiger partial charge on any atom is 0.303 e. The number of carbonyl (C=O) groups excluding carboxylic acids is 1. The zero-order valence-corrected chi connectivity index (χ0v) is 12.1. The summed E-state index contributed by atoms with van der Waals surface area (Å²) in [6.45, 7) is 8.29. The van der Waals surface area contributed by atoms with Gasteiger partial charge in [-0.2, -0.15) is 11.8 Å². The van der Waals surface area contributed by atoms with Crippen molar-refractivity contribution in [3.05, 3.63) is 0 Å². The van der Waals surface area contributed by atoms with Crippen LogP contribution in [0.2, 0.25) is 0 Å². The highest BCUT2D eigenvalue weighted by Crippen LogP contribution is 2.25. The van der Waals surface area contributed by atoms with Crippen LogP contribution in [0.5, 0.6) is 0 Å². The first-order valence-corrected chi connectivity index (χ1v) is 6.84. The highest BCUT2D eigenvalue weighted by atomic mass is 32.2. The molecule has 2 N–H and O–H groups in total. The summed E-state index contributed by atoms with van der Waals surface area (Å²) in [6, 6.07) is 0. The van der Waals surface area contributed by atoms with Gasteiger partial charge in [-0.15, -0.1) is 0 Å². The molecule has 0 aromatic heterocycles. The van der Waals surface area contributed by atoms with Crippen molar-refractivity contribution >= 4 is 23.6 Å². The largest absolute Gasteiger partial charge is 0.481 e. The van der Waals surface area contributed by atoms with Gasteiger partial charge in [-0.1, -0.05) is 13.8 Å². The first-order chi connectivity index (χ1) is 7.58. The first-order valence-electron chi connectivity index (χ1n) is 5.62. The molecule has 0 heterocycles. The average molecular weight is 261 g/mol. The zero-order valence-electron chi connectivity index (χ0n) is 11.3. The van der Waals surface area contributed by atoms with Crippen molar-refractivity contribution in [3.63, 3.8) is 0 Å². The van der Waals surface area contributed by atoms with Crippen molar-refractivity contribution in [2.24, 2.45) is 5.41 Å². The van der Waals surface area contributed by atoms with E-state index in [4.69, 9.17) is 5.11 Å². The molecule has 0 saturated carbocycles. The van der Waals surface area contributed by atoms with E-state index < -0.39 is 11.4 Å². The van der Waals surface area contributed by atoms with Crippen LogP contribution in [0.1, 0.15) is 40.5 Å². The summed E-state index contributed by atoms with van der Waals surface area (Å²) in [5.74, 6) is -0.953. The van der Waals surface area contributed by atoms with E-state index in [1.54, 1.807) is 25.6 Å². The summed E-state index contributed by atoms with van der Waals surface area (Å²) in [7, 11) is 0. The molecular formula is C12H23NO3S. The van der Waals surface area contributed by atoms with Crippen LogP contribution in [0.25, 0.3) is 0 Å². The molecule has 4 nitrogen and oxygen atoms in total. The Balaban J connectivity index is 4.14. The quantitative estimate of drug-likeness (QED) is 0.737. The van der Waals surface area contributed by atoms with Crippen LogP contribution in [0.3, 0.4) is 0 Å². The lowest BCUT2D eigenvalue weighted by molar-refractivity contribution is -0.139. The lowest BCUT2D eigenvalue weighted by atomic mass is 9.85. The number of aliphatic carboxylic acids is 1. The van der Waals surface area contributed by atoms with Gasteiger partial charge >= 0.3 is 5.97 Å². The van der Waals surface area contributed by atoms with Crippen molar-refractivity contribution in [1.29, 1.82) is 0 Å². The SMILES string of the molecule is CSC(C)(C)CNC(=O)CC(C)(C)CC(=O)O. The van der Waals surface area contributed by atoms with E-state index in [0.717, 1.165) is 0 Å². The van der Waals surface area contributed by atoms with Crippen molar-refractivity contribution in [1.82, 2.24) is 5.32 Å². The molecule has 0 aromatic carbocycles. The van der Waals surface area contributed by atoms with E-state index in [1.807, 2.05) is 6.26 Å². The number of thioether (sulfide) groups is 1. The molecule has 0 rings (SSSR count). The summed E-state index contributed by atoms with van der Waals surface area (Å²) in [6.07, 6.45) is 2.25. The second kappa shape index (κ2) is 6.28. The molecule has 0 fully saturated rings. The van der Waals surface area contributed by atoms with Gasteiger partial charge in [-0.25, -0.2) is 0 Å². The van der Waals surface area contributed by atoms with E-state index in [9.17, 15) is 9.59 Å². The van der Waals surface area contributed by atoms with Crippen LogP contribution < -0.4 is 5.32 Å². The molecule has 0 aliphatic carbocycles. The van der Waals surface area contributed by atoms with E-state index in [2.05, 4.69) is 19.2 Å². The molecule has 100 valence electrons. The van der Waals surface area contributed by atoms with Crippen LogP contribution in [0.4, 0.5) is 0 Å². The molecule has 0 aliphatic heterocycles. The Morgan fingerprint density at radius 2 is 1.71 bits per heavy atom. The predicted octanol–water partition coefficient (Wildman–Crippen LogP) is 2.14. The minimum Gasteiger partial charge on any atom is -0.481 e. The Morgan fingerprint density at radius 3 is 2.12 bits per heavy atom. The fraction of sp³-hybridized carbons (Fsp3) is 0.833. The second-order valence-electron chi connectivity index (χ2n) is 5.65. The van der Waals surface area contributed by atoms with Crippen LogP contribution in [0.15, 0.2) is 0 Å².